The fourth-order valence-corrected chi connectivity index (χ4v) is 7.00. The normalized spacial score (nSPS) is 22.2. The molecule has 0 radical (unpaired) electrons. The molecule has 6 rings (SSSR count). The number of benzene rings is 3. The van der Waals surface area contributed by atoms with Crippen LogP contribution in [-0.2, 0) is 4.79 Å². The lowest BCUT2D eigenvalue weighted by molar-refractivity contribution is -0.127. The van der Waals surface area contributed by atoms with Gasteiger partial charge in [-0.25, -0.2) is 0 Å². The highest BCUT2D eigenvalue weighted by Gasteiger charge is 2.72. The Kier molecular flexibility index (Phi) is 5.97. The fraction of sp³-hybridized carbons (Fsp3) is 0.303. The number of rotatable bonds is 4. The number of Topliss-reactive ketones (excluding diaryl/α,β-unsaturated/α-hetero) is 3. The summed E-state index contributed by atoms with van der Waals surface area (Å²) in [6.45, 7) is 5.60. The van der Waals surface area contributed by atoms with Gasteiger partial charge in [-0.2, -0.15) is 0 Å². The Balaban J connectivity index is 1.74. The second-order valence-electron chi connectivity index (χ2n) is 11.6. The average Bonchev–Trinajstić information content (AvgIpc) is 3.37. The molecule has 0 bridgehead atoms. The molecule has 3 aromatic carbocycles. The first-order valence-electron chi connectivity index (χ1n) is 13.3. The van der Waals surface area contributed by atoms with Gasteiger partial charge in [-0.1, -0.05) is 68.8 Å². The molecule has 6 nitrogen and oxygen atoms in total. The summed E-state index contributed by atoms with van der Waals surface area (Å²) in [5, 5.41) is 0.556. The molecule has 0 N–H and O–H groups in total. The minimum atomic E-state index is -1.61. The van der Waals surface area contributed by atoms with Crippen molar-refractivity contribution in [2.24, 2.45) is 10.8 Å². The first kappa shape index (κ1) is 26.3. The molecule has 40 heavy (non-hydrogen) atoms. The average molecular weight is 556 g/mol. The maximum Gasteiger partial charge on any atom is 0.180 e. The summed E-state index contributed by atoms with van der Waals surface area (Å²) >= 11 is 6.36. The summed E-state index contributed by atoms with van der Waals surface area (Å²) in [4.78, 5) is 46.0. The Morgan fingerprint density at radius 3 is 2.20 bits per heavy atom. The second kappa shape index (κ2) is 9.07. The zero-order valence-electron chi connectivity index (χ0n) is 23.0. The minimum absolute atomic E-state index is 0.0861. The molecule has 2 aliphatic heterocycles. The van der Waals surface area contributed by atoms with Gasteiger partial charge in [-0.15, -0.1) is 0 Å². The molecule has 7 heteroatoms. The number of hydrogen-bond acceptors (Lipinski definition) is 6. The van der Waals surface area contributed by atoms with E-state index < -0.39 is 28.8 Å². The van der Waals surface area contributed by atoms with E-state index in [0.29, 0.717) is 33.2 Å². The smallest absolute Gasteiger partial charge is 0.180 e. The van der Waals surface area contributed by atoms with Crippen molar-refractivity contribution >= 4 is 40.7 Å². The number of methoxy groups -OCH3 is 2. The molecule has 0 unspecified atom stereocenters. The molecule has 1 fully saturated rings. The number of ketones is 3. The number of hydrogen-bond donors (Lipinski definition) is 0. The SMILES string of the molecule is COc1ccc(OC)c([C@@H]2[C@@H](C(=O)C(C)(C)C)N3c4ccc(Cl)cc4C=C[C@H]3C23C(=O)c2ccccc2C3=O)c1. The highest BCUT2D eigenvalue weighted by atomic mass is 35.5. The Bertz CT molecular complexity index is 1580. The van der Waals surface area contributed by atoms with Crippen molar-refractivity contribution in [1.29, 1.82) is 0 Å². The predicted molar refractivity (Wildman–Crippen MR) is 155 cm³/mol. The first-order valence-corrected chi connectivity index (χ1v) is 13.6. The van der Waals surface area contributed by atoms with Crippen LogP contribution in [-0.4, -0.2) is 43.7 Å². The van der Waals surface area contributed by atoms with Gasteiger partial charge in [0, 0.05) is 38.7 Å². The molecule has 1 aliphatic carbocycles. The highest BCUT2D eigenvalue weighted by Crippen LogP contribution is 2.62. The number of carbonyl (C=O) groups is 3. The molecule has 0 aromatic heterocycles. The molecule has 3 aliphatic rings. The van der Waals surface area contributed by atoms with Crippen LogP contribution < -0.4 is 14.4 Å². The van der Waals surface area contributed by atoms with Gasteiger partial charge < -0.3 is 14.4 Å². The van der Waals surface area contributed by atoms with E-state index >= 15 is 0 Å². The zero-order valence-corrected chi connectivity index (χ0v) is 23.8. The van der Waals surface area contributed by atoms with E-state index in [1.807, 2.05) is 50.0 Å². The molecular formula is C33H30ClNO5. The van der Waals surface area contributed by atoms with Gasteiger partial charge >= 0.3 is 0 Å². The second-order valence-corrected chi connectivity index (χ2v) is 12.1. The van der Waals surface area contributed by atoms with Crippen molar-refractivity contribution in [3.05, 3.63) is 94.0 Å². The van der Waals surface area contributed by atoms with Crippen LogP contribution in [0.5, 0.6) is 11.5 Å². The third-order valence-electron chi connectivity index (χ3n) is 8.55. The van der Waals surface area contributed by atoms with E-state index in [4.69, 9.17) is 21.1 Å². The van der Waals surface area contributed by atoms with Gasteiger partial charge in [0.05, 0.1) is 26.3 Å². The first-order chi connectivity index (χ1) is 19.0. The van der Waals surface area contributed by atoms with Crippen molar-refractivity contribution in [3.8, 4) is 11.5 Å². The summed E-state index contributed by atoms with van der Waals surface area (Å²) in [5.74, 6) is -0.511. The topological polar surface area (TPSA) is 72.9 Å². The lowest BCUT2D eigenvalue weighted by atomic mass is 9.63. The Hall–Kier alpha value is -3.90. The molecule has 204 valence electrons. The van der Waals surface area contributed by atoms with Crippen LogP contribution in [0, 0.1) is 10.8 Å². The van der Waals surface area contributed by atoms with Crippen LogP contribution >= 0.6 is 11.6 Å². The quantitative estimate of drug-likeness (QED) is 0.347. The van der Waals surface area contributed by atoms with E-state index in [2.05, 4.69) is 0 Å². The summed E-state index contributed by atoms with van der Waals surface area (Å²) in [5.41, 5.74) is 0.507. The van der Waals surface area contributed by atoms with Gasteiger partial charge in [0.15, 0.2) is 17.3 Å². The van der Waals surface area contributed by atoms with Crippen LogP contribution in [0.4, 0.5) is 5.69 Å². The maximum absolute atomic E-state index is 14.7. The molecule has 3 atom stereocenters. The van der Waals surface area contributed by atoms with E-state index in [9.17, 15) is 14.4 Å². The lowest BCUT2D eigenvalue weighted by Gasteiger charge is -2.38. The lowest BCUT2D eigenvalue weighted by Crippen LogP contribution is -2.49. The highest BCUT2D eigenvalue weighted by molar-refractivity contribution is 6.32. The molecule has 3 aromatic rings. The van der Waals surface area contributed by atoms with Crippen molar-refractivity contribution in [3.63, 3.8) is 0 Å². The number of fused-ring (bicyclic) bond motifs is 5. The number of anilines is 1. The molecule has 1 spiro atoms. The molecular weight excluding hydrogens is 526 g/mol. The van der Waals surface area contributed by atoms with E-state index in [1.54, 1.807) is 62.8 Å². The number of ether oxygens (including phenoxy) is 2. The van der Waals surface area contributed by atoms with Crippen molar-refractivity contribution < 1.29 is 23.9 Å². The predicted octanol–water partition coefficient (Wildman–Crippen LogP) is 6.41. The zero-order chi connectivity index (χ0) is 28.6. The third-order valence-corrected chi connectivity index (χ3v) is 8.78. The summed E-state index contributed by atoms with van der Waals surface area (Å²) in [6, 6.07) is 16.2. The monoisotopic (exact) mass is 555 g/mol. The van der Waals surface area contributed by atoms with E-state index in [1.165, 1.54) is 0 Å². The van der Waals surface area contributed by atoms with Crippen LogP contribution in [0.15, 0.2) is 66.7 Å². The maximum atomic E-state index is 14.7. The Morgan fingerprint density at radius 2 is 1.60 bits per heavy atom. The van der Waals surface area contributed by atoms with E-state index in [-0.39, 0.29) is 17.3 Å². The van der Waals surface area contributed by atoms with Gasteiger partial charge in [0.1, 0.15) is 16.9 Å². The largest absolute Gasteiger partial charge is 0.497 e. The van der Waals surface area contributed by atoms with Gasteiger partial charge in [-0.3, -0.25) is 14.4 Å². The molecule has 1 saturated heterocycles. The van der Waals surface area contributed by atoms with Crippen LogP contribution in [0.2, 0.25) is 5.02 Å². The van der Waals surface area contributed by atoms with Crippen LogP contribution in [0.3, 0.4) is 0 Å². The summed E-state index contributed by atoms with van der Waals surface area (Å²) in [6.07, 6.45) is 3.79. The van der Waals surface area contributed by atoms with Crippen molar-refractivity contribution in [1.82, 2.24) is 0 Å². The third kappa shape index (κ3) is 3.45. The number of nitrogens with zero attached hydrogens (tertiary/aromatic N) is 1. The molecule has 2 heterocycles. The Morgan fingerprint density at radius 1 is 0.925 bits per heavy atom. The minimum Gasteiger partial charge on any atom is -0.497 e. The fourth-order valence-electron chi connectivity index (χ4n) is 6.82. The summed E-state index contributed by atoms with van der Waals surface area (Å²) in [7, 11) is 3.10. The van der Waals surface area contributed by atoms with Crippen LogP contribution in [0.1, 0.15) is 58.5 Å². The van der Waals surface area contributed by atoms with Gasteiger partial charge in [0.2, 0.25) is 0 Å². The number of carbonyl (C=O) groups excluding carboxylic acids is 3. The summed E-state index contributed by atoms with van der Waals surface area (Å²) < 4.78 is 11.4. The van der Waals surface area contributed by atoms with Crippen molar-refractivity contribution in [2.45, 2.75) is 38.8 Å². The molecule has 0 amide bonds. The Labute approximate surface area is 238 Å². The van der Waals surface area contributed by atoms with Gasteiger partial charge in [-0.05, 0) is 42.0 Å². The van der Waals surface area contributed by atoms with Crippen LogP contribution in [0.25, 0.3) is 6.08 Å². The van der Waals surface area contributed by atoms with Crippen molar-refractivity contribution in [2.75, 3.05) is 19.1 Å². The van der Waals surface area contributed by atoms with E-state index in [0.717, 1.165) is 11.3 Å². The number of halogens is 1. The molecule has 0 saturated carbocycles. The van der Waals surface area contributed by atoms with Gasteiger partial charge in [0.25, 0.3) is 0 Å². The standard InChI is InChI=1S/C33H30ClNO5/c1-32(2,3)31(38)28-27(23-17-20(39-4)12-14-25(23)40-5)33(29(36)21-8-6-7-9-22(21)30(33)37)26-15-10-18-16-19(34)11-13-24(18)35(26)28/h6-17,26-28H,1-5H3/t26-,27+,28-/m0/s1.